The van der Waals surface area contributed by atoms with E-state index in [0.717, 1.165) is 21.9 Å². The summed E-state index contributed by atoms with van der Waals surface area (Å²) >= 11 is 0. The molecule has 2 heterocycles. The Morgan fingerprint density at radius 2 is 1.82 bits per heavy atom. The summed E-state index contributed by atoms with van der Waals surface area (Å²) in [4.78, 5) is 18.3. The third-order valence-corrected chi connectivity index (χ3v) is 7.18. The van der Waals surface area contributed by atoms with E-state index in [2.05, 4.69) is 23.2 Å². The predicted octanol–water partition coefficient (Wildman–Crippen LogP) is 3.05. The molecule has 146 valence electrons. The number of carbonyl (C=O) groups excluding carboxylic acids is 1. The third kappa shape index (κ3) is 3.31. The Balaban J connectivity index is 1.49. The van der Waals surface area contributed by atoms with Crippen molar-refractivity contribution in [2.45, 2.75) is 17.2 Å². The van der Waals surface area contributed by atoms with Crippen molar-refractivity contribution in [2.24, 2.45) is 0 Å². The summed E-state index contributed by atoms with van der Waals surface area (Å²) < 4.78 is 25.5. The first-order chi connectivity index (χ1) is 13.4. The molecule has 1 amide bonds. The van der Waals surface area contributed by atoms with E-state index in [-0.39, 0.29) is 16.7 Å². The smallest absolute Gasteiger partial charge is 0.253 e. The van der Waals surface area contributed by atoms with Crippen LogP contribution in [0.4, 0.5) is 0 Å². The van der Waals surface area contributed by atoms with Crippen molar-refractivity contribution in [1.29, 1.82) is 0 Å². The van der Waals surface area contributed by atoms with Crippen LogP contribution in [0.2, 0.25) is 0 Å². The van der Waals surface area contributed by atoms with E-state index >= 15 is 0 Å². The molecule has 1 atom stereocenters. The van der Waals surface area contributed by atoms with Gasteiger partial charge in [0.25, 0.3) is 5.91 Å². The SMILES string of the molecule is CN(C)S(=O)(=O)c1ccc(C(=O)N2CCC(c3cc4ccccc4[nH]3)C2)cc1. The number of H-pyrrole nitrogens is 1. The van der Waals surface area contributed by atoms with Crippen LogP contribution in [0.5, 0.6) is 0 Å². The number of hydrogen-bond acceptors (Lipinski definition) is 3. The number of likely N-dealkylation sites (tertiary alicyclic amines) is 1. The Morgan fingerprint density at radius 3 is 2.50 bits per heavy atom. The Morgan fingerprint density at radius 1 is 1.11 bits per heavy atom. The fourth-order valence-electron chi connectivity index (χ4n) is 3.68. The molecular formula is C21H23N3O3S. The Labute approximate surface area is 164 Å². The maximum atomic E-state index is 12.8. The molecule has 28 heavy (non-hydrogen) atoms. The van der Waals surface area contributed by atoms with Gasteiger partial charge in [0.1, 0.15) is 0 Å². The zero-order valence-corrected chi connectivity index (χ0v) is 16.7. The van der Waals surface area contributed by atoms with Crippen molar-refractivity contribution < 1.29 is 13.2 Å². The molecule has 0 saturated carbocycles. The van der Waals surface area contributed by atoms with Gasteiger partial charge in [0, 0.05) is 49.9 Å². The number of carbonyl (C=O) groups is 1. The van der Waals surface area contributed by atoms with Gasteiger partial charge in [-0.05, 0) is 48.2 Å². The third-order valence-electron chi connectivity index (χ3n) is 5.35. The first kappa shape index (κ1) is 18.7. The molecule has 6 nitrogen and oxygen atoms in total. The van der Waals surface area contributed by atoms with Crippen LogP contribution in [-0.4, -0.2) is 55.7 Å². The lowest BCUT2D eigenvalue weighted by Crippen LogP contribution is -2.28. The van der Waals surface area contributed by atoms with Crippen molar-refractivity contribution in [3.8, 4) is 0 Å². The van der Waals surface area contributed by atoms with E-state index in [1.165, 1.54) is 31.6 Å². The van der Waals surface area contributed by atoms with E-state index in [1.807, 2.05) is 17.0 Å². The topological polar surface area (TPSA) is 73.5 Å². The number of fused-ring (bicyclic) bond motifs is 1. The van der Waals surface area contributed by atoms with Gasteiger partial charge in [-0.1, -0.05) is 18.2 Å². The van der Waals surface area contributed by atoms with E-state index in [9.17, 15) is 13.2 Å². The van der Waals surface area contributed by atoms with Crippen LogP contribution >= 0.6 is 0 Å². The van der Waals surface area contributed by atoms with Gasteiger partial charge in [0.15, 0.2) is 0 Å². The lowest BCUT2D eigenvalue weighted by atomic mass is 10.1. The van der Waals surface area contributed by atoms with Crippen molar-refractivity contribution in [3.05, 3.63) is 65.9 Å². The van der Waals surface area contributed by atoms with Gasteiger partial charge >= 0.3 is 0 Å². The molecule has 1 unspecified atom stereocenters. The minimum Gasteiger partial charge on any atom is -0.358 e. The molecule has 1 aliphatic heterocycles. The molecule has 1 fully saturated rings. The van der Waals surface area contributed by atoms with Crippen LogP contribution in [-0.2, 0) is 10.0 Å². The number of nitrogens with one attached hydrogen (secondary N) is 1. The standard InChI is InChI=1S/C21H23N3O3S/c1-23(2)28(26,27)18-9-7-15(8-10-18)21(25)24-12-11-17(14-24)20-13-16-5-3-4-6-19(16)22-20/h3-10,13,17,22H,11-12,14H2,1-2H3. The number of aromatic nitrogens is 1. The molecule has 4 rings (SSSR count). The van der Waals surface area contributed by atoms with Crippen LogP contribution in [0.15, 0.2) is 59.5 Å². The number of benzene rings is 2. The van der Waals surface area contributed by atoms with Gasteiger partial charge in [0.2, 0.25) is 10.0 Å². The monoisotopic (exact) mass is 397 g/mol. The van der Waals surface area contributed by atoms with E-state index in [4.69, 9.17) is 0 Å². The molecule has 0 radical (unpaired) electrons. The molecule has 0 aliphatic carbocycles. The lowest BCUT2D eigenvalue weighted by molar-refractivity contribution is 0.0790. The highest BCUT2D eigenvalue weighted by Gasteiger charge is 2.29. The molecule has 3 aromatic rings. The summed E-state index contributed by atoms with van der Waals surface area (Å²) in [6, 6.07) is 16.5. The van der Waals surface area contributed by atoms with Gasteiger partial charge in [-0.3, -0.25) is 4.79 Å². The number of hydrogen-bond donors (Lipinski definition) is 1. The number of aromatic amines is 1. The van der Waals surface area contributed by atoms with E-state index in [0.29, 0.717) is 18.7 Å². The summed E-state index contributed by atoms with van der Waals surface area (Å²) in [5.74, 6) is 0.220. The minimum atomic E-state index is -3.49. The van der Waals surface area contributed by atoms with Crippen molar-refractivity contribution >= 4 is 26.8 Å². The Kier molecular flexibility index (Phi) is 4.72. The first-order valence-corrected chi connectivity index (χ1v) is 10.7. The van der Waals surface area contributed by atoms with Crippen molar-refractivity contribution in [1.82, 2.24) is 14.2 Å². The largest absolute Gasteiger partial charge is 0.358 e. The van der Waals surface area contributed by atoms with Crippen LogP contribution in [0.1, 0.15) is 28.4 Å². The Bertz CT molecular complexity index is 1080. The summed E-state index contributed by atoms with van der Waals surface area (Å²) in [7, 11) is -0.514. The normalized spacial score (nSPS) is 17.5. The molecule has 1 saturated heterocycles. The number of para-hydroxylation sites is 1. The first-order valence-electron chi connectivity index (χ1n) is 9.26. The lowest BCUT2D eigenvalue weighted by Gasteiger charge is -2.17. The zero-order chi connectivity index (χ0) is 19.9. The molecule has 7 heteroatoms. The molecule has 1 aromatic heterocycles. The fourth-order valence-corrected chi connectivity index (χ4v) is 4.58. The highest BCUT2D eigenvalue weighted by molar-refractivity contribution is 7.89. The highest BCUT2D eigenvalue weighted by atomic mass is 32.2. The molecule has 2 aromatic carbocycles. The van der Waals surface area contributed by atoms with Crippen LogP contribution in [0.3, 0.4) is 0 Å². The number of amides is 1. The van der Waals surface area contributed by atoms with Crippen molar-refractivity contribution in [2.75, 3.05) is 27.2 Å². The van der Waals surface area contributed by atoms with Gasteiger partial charge in [-0.15, -0.1) is 0 Å². The van der Waals surface area contributed by atoms with Crippen LogP contribution in [0.25, 0.3) is 10.9 Å². The molecule has 1 N–H and O–H groups in total. The summed E-state index contributed by atoms with van der Waals surface area (Å²) in [5, 5.41) is 1.18. The second-order valence-corrected chi connectivity index (χ2v) is 9.51. The van der Waals surface area contributed by atoms with Gasteiger partial charge in [0.05, 0.1) is 4.90 Å². The average Bonchev–Trinajstić information content (AvgIpc) is 3.34. The Hall–Kier alpha value is -2.64. The second kappa shape index (κ2) is 7.07. The molecule has 1 aliphatic rings. The number of sulfonamides is 1. The quantitative estimate of drug-likeness (QED) is 0.735. The molecule has 0 spiro atoms. The predicted molar refractivity (Wildman–Crippen MR) is 109 cm³/mol. The zero-order valence-electron chi connectivity index (χ0n) is 15.9. The van der Waals surface area contributed by atoms with E-state index < -0.39 is 10.0 Å². The van der Waals surface area contributed by atoms with Crippen molar-refractivity contribution in [3.63, 3.8) is 0 Å². The highest BCUT2D eigenvalue weighted by Crippen LogP contribution is 2.30. The molecule has 0 bridgehead atoms. The second-order valence-electron chi connectivity index (χ2n) is 7.36. The molecular weight excluding hydrogens is 374 g/mol. The maximum absolute atomic E-state index is 12.8. The summed E-state index contributed by atoms with van der Waals surface area (Å²) in [5.41, 5.74) is 2.78. The summed E-state index contributed by atoms with van der Waals surface area (Å²) in [6.07, 6.45) is 0.908. The van der Waals surface area contributed by atoms with Gasteiger partial charge in [-0.25, -0.2) is 12.7 Å². The number of nitrogens with zero attached hydrogens (tertiary/aromatic N) is 2. The van der Waals surface area contributed by atoms with Gasteiger partial charge in [-0.2, -0.15) is 0 Å². The van der Waals surface area contributed by atoms with Crippen LogP contribution < -0.4 is 0 Å². The number of rotatable bonds is 4. The van der Waals surface area contributed by atoms with Crippen LogP contribution in [0, 0.1) is 0 Å². The van der Waals surface area contributed by atoms with Gasteiger partial charge < -0.3 is 9.88 Å². The average molecular weight is 398 g/mol. The fraction of sp³-hybridized carbons (Fsp3) is 0.286. The minimum absolute atomic E-state index is 0.0626. The maximum Gasteiger partial charge on any atom is 0.253 e. The van der Waals surface area contributed by atoms with E-state index in [1.54, 1.807) is 12.1 Å². The summed E-state index contributed by atoms with van der Waals surface area (Å²) in [6.45, 7) is 1.35.